The summed E-state index contributed by atoms with van der Waals surface area (Å²) >= 11 is 0. The highest BCUT2D eigenvalue weighted by atomic mass is 16.3. The van der Waals surface area contributed by atoms with Gasteiger partial charge >= 0.3 is 0 Å². The number of para-hydroxylation sites is 1. The van der Waals surface area contributed by atoms with Crippen LogP contribution in [0.3, 0.4) is 0 Å². The van der Waals surface area contributed by atoms with Crippen LogP contribution in [0.15, 0.2) is 241 Å². The van der Waals surface area contributed by atoms with Gasteiger partial charge < -0.3 is 9.32 Å². The van der Waals surface area contributed by atoms with Crippen LogP contribution in [-0.2, 0) is 0 Å². The predicted molar refractivity (Wildman–Crippen MR) is 253 cm³/mol. The maximum atomic E-state index is 6.92. The molecule has 1 aromatic heterocycles. The molecule has 282 valence electrons. The summed E-state index contributed by atoms with van der Waals surface area (Å²) in [5.74, 6) is 0. The maximum absolute atomic E-state index is 6.92. The lowest BCUT2D eigenvalue weighted by Crippen LogP contribution is -2.10. The van der Waals surface area contributed by atoms with E-state index in [0.29, 0.717) is 0 Å². The Kier molecular flexibility index (Phi) is 8.87. The highest BCUT2D eigenvalue weighted by Crippen LogP contribution is 2.47. The molecule has 0 N–H and O–H groups in total. The molecule has 0 bridgehead atoms. The van der Waals surface area contributed by atoms with Gasteiger partial charge in [-0.05, 0) is 122 Å². The molecule has 0 saturated carbocycles. The molecule has 0 aliphatic carbocycles. The Morgan fingerprint density at radius 1 is 0.283 bits per heavy atom. The molecule has 0 aliphatic heterocycles. The van der Waals surface area contributed by atoms with Crippen molar-refractivity contribution >= 4 is 49.8 Å². The second-order valence-corrected chi connectivity index (χ2v) is 15.3. The van der Waals surface area contributed by atoms with E-state index in [-0.39, 0.29) is 0 Å². The Labute approximate surface area is 349 Å². The first kappa shape index (κ1) is 35.2. The van der Waals surface area contributed by atoms with Gasteiger partial charge in [0.05, 0.1) is 11.1 Å². The van der Waals surface area contributed by atoms with Gasteiger partial charge in [0.1, 0.15) is 11.2 Å². The van der Waals surface area contributed by atoms with Crippen LogP contribution in [0.1, 0.15) is 0 Å². The Bertz CT molecular complexity index is 3280. The number of benzene rings is 10. The van der Waals surface area contributed by atoms with E-state index >= 15 is 0 Å². The SMILES string of the molecule is c1ccc(-c2ccc(N(c3ccccc3)c3cccc4oc5c6ccccc6c(-c6cc(-c7ccccc7)cc(-c7ccccc7-c7ccccc7)c6)cc5c34)cc2)cc1. The summed E-state index contributed by atoms with van der Waals surface area (Å²) in [7, 11) is 0. The van der Waals surface area contributed by atoms with E-state index in [1.165, 1.54) is 44.5 Å². The number of fused-ring (bicyclic) bond motifs is 5. The summed E-state index contributed by atoms with van der Waals surface area (Å²) in [4.78, 5) is 2.36. The third-order valence-corrected chi connectivity index (χ3v) is 11.6. The highest BCUT2D eigenvalue weighted by Gasteiger charge is 2.22. The smallest absolute Gasteiger partial charge is 0.143 e. The van der Waals surface area contributed by atoms with Crippen LogP contribution in [0.25, 0.3) is 88.3 Å². The van der Waals surface area contributed by atoms with Crippen molar-refractivity contribution in [1.29, 1.82) is 0 Å². The molecule has 0 saturated heterocycles. The van der Waals surface area contributed by atoms with Gasteiger partial charge in [-0.2, -0.15) is 0 Å². The summed E-state index contributed by atoms with van der Waals surface area (Å²) in [6.45, 7) is 0. The van der Waals surface area contributed by atoms with Gasteiger partial charge in [0, 0.05) is 22.1 Å². The van der Waals surface area contributed by atoms with Crippen LogP contribution in [0.4, 0.5) is 17.1 Å². The van der Waals surface area contributed by atoms with E-state index in [4.69, 9.17) is 4.42 Å². The van der Waals surface area contributed by atoms with Crippen LogP contribution in [0.2, 0.25) is 0 Å². The molecule has 0 spiro atoms. The minimum absolute atomic E-state index is 0.849. The first-order chi connectivity index (χ1) is 29.8. The molecule has 11 aromatic rings. The monoisotopic (exact) mass is 765 g/mol. The van der Waals surface area contributed by atoms with Gasteiger partial charge in [0.25, 0.3) is 0 Å². The standard InChI is InChI=1S/C58H39NO/c1-5-18-40(19-6-1)42-32-34-48(35-33-42)59(47-24-11-4-12-25-47)55-30-17-31-56-57(55)54-39-53(51-28-15-16-29-52(51)58(54)60-56)46-37-44(41-20-7-2-8-21-41)36-45(38-46)50-27-14-13-26-49(50)43-22-9-3-10-23-43/h1-39H. The Balaban J connectivity index is 1.16. The number of rotatable bonds is 8. The van der Waals surface area contributed by atoms with E-state index in [9.17, 15) is 0 Å². The third kappa shape index (κ3) is 6.32. The average Bonchev–Trinajstić information content (AvgIpc) is 3.72. The minimum atomic E-state index is 0.849. The van der Waals surface area contributed by atoms with Crippen molar-refractivity contribution in [2.45, 2.75) is 0 Å². The fraction of sp³-hybridized carbons (Fsp3) is 0. The van der Waals surface area contributed by atoms with Crippen molar-refractivity contribution < 1.29 is 4.42 Å². The van der Waals surface area contributed by atoms with E-state index in [0.717, 1.165) is 60.9 Å². The maximum Gasteiger partial charge on any atom is 0.143 e. The fourth-order valence-electron chi connectivity index (χ4n) is 8.83. The van der Waals surface area contributed by atoms with Gasteiger partial charge in [-0.25, -0.2) is 0 Å². The summed E-state index contributed by atoms with van der Waals surface area (Å²) in [5.41, 5.74) is 16.7. The number of furan rings is 1. The van der Waals surface area contributed by atoms with Gasteiger partial charge in [-0.15, -0.1) is 0 Å². The minimum Gasteiger partial charge on any atom is -0.455 e. The fourth-order valence-corrected chi connectivity index (χ4v) is 8.83. The van der Waals surface area contributed by atoms with Gasteiger partial charge in [0.2, 0.25) is 0 Å². The quantitative estimate of drug-likeness (QED) is 0.153. The van der Waals surface area contributed by atoms with E-state index in [1.54, 1.807) is 0 Å². The normalized spacial score (nSPS) is 11.3. The van der Waals surface area contributed by atoms with E-state index in [1.807, 2.05) is 0 Å². The van der Waals surface area contributed by atoms with E-state index in [2.05, 4.69) is 241 Å². The largest absolute Gasteiger partial charge is 0.455 e. The Hall–Kier alpha value is -7.94. The second-order valence-electron chi connectivity index (χ2n) is 15.3. The average molecular weight is 766 g/mol. The van der Waals surface area contributed by atoms with Crippen molar-refractivity contribution in [2.24, 2.45) is 0 Å². The number of hydrogen-bond donors (Lipinski definition) is 0. The second kappa shape index (κ2) is 15.1. The van der Waals surface area contributed by atoms with Crippen molar-refractivity contribution in [2.75, 3.05) is 4.90 Å². The Morgan fingerprint density at radius 2 is 0.767 bits per heavy atom. The van der Waals surface area contributed by atoms with Crippen LogP contribution < -0.4 is 4.90 Å². The van der Waals surface area contributed by atoms with Crippen molar-refractivity contribution in [1.82, 2.24) is 0 Å². The van der Waals surface area contributed by atoms with Crippen LogP contribution in [0, 0.1) is 0 Å². The molecule has 11 rings (SSSR count). The van der Waals surface area contributed by atoms with Crippen molar-refractivity contribution in [3.63, 3.8) is 0 Å². The van der Waals surface area contributed by atoms with Gasteiger partial charge in [0.15, 0.2) is 0 Å². The van der Waals surface area contributed by atoms with Crippen molar-refractivity contribution in [3.05, 3.63) is 237 Å². The first-order valence-corrected chi connectivity index (χ1v) is 20.5. The first-order valence-electron chi connectivity index (χ1n) is 20.5. The predicted octanol–water partition coefficient (Wildman–Crippen LogP) is 16.5. The molecular formula is C58H39NO. The molecule has 0 amide bonds. The molecule has 2 heteroatoms. The number of nitrogens with zero attached hydrogens (tertiary/aromatic N) is 1. The summed E-state index contributed by atoms with van der Waals surface area (Å²) in [6.07, 6.45) is 0. The number of hydrogen-bond acceptors (Lipinski definition) is 2. The lowest BCUT2D eigenvalue weighted by Gasteiger charge is -2.26. The van der Waals surface area contributed by atoms with E-state index < -0.39 is 0 Å². The lowest BCUT2D eigenvalue weighted by atomic mass is 9.88. The lowest BCUT2D eigenvalue weighted by molar-refractivity contribution is 0.672. The zero-order chi connectivity index (χ0) is 39.8. The Morgan fingerprint density at radius 3 is 1.43 bits per heavy atom. The van der Waals surface area contributed by atoms with Crippen molar-refractivity contribution in [3.8, 4) is 55.6 Å². The molecule has 0 radical (unpaired) electrons. The zero-order valence-electron chi connectivity index (χ0n) is 32.9. The topological polar surface area (TPSA) is 16.4 Å². The summed E-state index contributed by atoms with van der Waals surface area (Å²) in [6, 6.07) is 84.8. The molecule has 2 nitrogen and oxygen atoms in total. The molecule has 60 heavy (non-hydrogen) atoms. The van der Waals surface area contributed by atoms with Crippen LogP contribution in [0.5, 0.6) is 0 Å². The molecule has 0 fully saturated rings. The molecule has 0 unspecified atom stereocenters. The van der Waals surface area contributed by atoms with Gasteiger partial charge in [-0.1, -0.05) is 176 Å². The van der Waals surface area contributed by atoms with Crippen LogP contribution in [-0.4, -0.2) is 0 Å². The third-order valence-electron chi connectivity index (χ3n) is 11.6. The summed E-state index contributed by atoms with van der Waals surface area (Å²) in [5, 5.41) is 4.38. The molecular weight excluding hydrogens is 727 g/mol. The highest BCUT2D eigenvalue weighted by molar-refractivity contribution is 6.22. The van der Waals surface area contributed by atoms with Crippen LogP contribution >= 0.6 is 0 Å². The molecule has 0 aliphatic rings. The molecule has 1 heterocycles. The summed E-state index contributed by atoms with van der Waals surface area (Å²) < 4.78 is 6.92. The molecule has 10 aromatic carbocycles. The molecule has 0 atom stereocenters. The number of anilines is 3. The van der Waals surface area contributed by atoms with Gasteiger partial charge in [-0.3, -0.25) is 0 Å². The zero-order valence-corrected chi connectivity index (χ0v) is 32.9.